The van der Waals surface area contributed by atoms with Crippen LogP contribution < -0.4 is 14.8 Å². The molecule has 0 spiro atoms. The topological polar surface area (TPSA) is 88.2 Å². The van der Waals surface area contributed by atoms with Crippen LogP contribution in [0.1, 0.15) is 24.4 Å². The minimum absolute atomic E-state index is 0.0439. The normalized spacial score (nSPS) is 22.3. The number of amides is 4. The molecule has 0 aromatic heterocycles. The third-order valence-electron chi connectivity index (χ3n) is 4.75. The minimum atomic E-state index is -0.506. The maximum Gasteiger partial charge on any atom is 0.325 e. The predicted octanol–water partition coefficient (Wildman–Crippen LogP) is 0.673. The van der Waals surface area contributed by atoms with Crippen molar-refractivity contribution < 1.29 is 23.9 Å². The first-order valence-corrected chi connectivity index (χ1v) is 8.41. The lowest BCUT2D eigenvalue weighted by atomic mass is 10.0. The number of nitrogens with one attached hydrogen (secondary N) is 1. The van der Waals surface area contributed by atoms with Crippen molar-refractivity contribution in [1.29, 1.82) is 0 Å². The van der Waals surface area contributed by atoms with Gasteiger partial charge < -0.3 is 19.7 Å². The number of likely N-dealkylation sites (tertiary alicyclic amines) is 1. The summed E-state index contributed by atoms with van der Waals surface area (Å²) in [5.41, 5.74) is 0.979. The zero-order valence-electron chi connectivity index (χ0n) is 13.7. The van der Waals surface area contributed by atoms with Gasteiger partial charge in [-0.2, -0.15) is 0 Å². The van der Waals surface area contributed by atoms with Crippen LogP contribution in [0.4, 0.5) is 4.79 Å². The molecule has 25 heavy (non-hydrogen) atoms. The number of benzene rings is 1. The van der Waals surface area contributed by atoms with E-state index in [0.717, 1.165) is 23.3 Å². The highest BCUT2D eigenvalue weighted by Gasteiger charge is 2.35. The average Bonchev–Trinajstić information content (AvgIpc) is 3.23. The third kappa shape index (κ3) is 2.88. The highest BCUT2D eigenvalue weighted by atomic mass is 16.6. The van der Waals surface area contributed by atoms with Crippen molar-refractivity contribution in [2.24, 2.45) is 0 Å². The maximum atomic E-state index is 12.7. The summed E-state index contributed by atoms with van der Waals surface area (Å²) in [7, 11) is 0. The minimum Gasteiger partial charge on any atom is -0.486 e. The van der Waals surface area contributed by atoms with Gasteiger partial charge >= 0.3 is 6.03 Å². The number of imide groups is 1. The number of ether oxygens (including phenoxy) is 2. The lowest BCUT2D eigenvalue weighted by Gasteiger charge is -2.27. The Morgan fingerprint density at radius 3 is 2.76 bits per heavy atom. The Bertz CT molecular complexity index is 719. The second kappa shape index (κ2) is 6.27. The summed E-state index contributed by atoms with van der Waals surface area (Å²) in [6.45, 7) is 1.40. The molecule has 3 aliphatic heterocycles. The molecule has 0 radical (unpaired) electrons. The monoisotopic (exact) mass is 345 g/mol. The van der Waals surface area contributed by atoms with Crippen LogP contribution in [0.2, 0.25) is 0 Å². The average molecular weight is 345 g/mol. The van der Waals surface area contributed by atoms with Crippen molar-refractivity contribution in [2.75, 3.05) is 32.8 Å². The summed E-state index contributed by atoms with van der Waals surface area (Å²) in [5, 5.41) is 2.43. The molecule has 2 fully saturated rings. The Balaban J connectivity index is 1.51. The van der Waals surface area contributed by atoms with Crippen LogP contribution in [0.3, 0.4) is 0 Å². The van der Waals surface area contributed by atoms with Crippen molar-refractivity contribution in [2.45, 2.75) is 18.9 Å². The van der Waals surface area contributed by atoms with Crippen LogP contribution in [-0.4, -0.2) is 60.5 Å². The summed E-state index contributed by atoms with van der Waals surface area (Å²) in [6.07, 6.45) is 1.72. The predicted molar refractivity (Wildman–Crippen MR) is 86.2 cm³/mol. The molecule has 1 aromatic carbocycles. The number of hydrogen-bond acceptors (Lipinski definition) is 5. The number of carbonyl (C=O) groups is 3. The molecular weight excluding hydrogens is 326 g/mol. The number of fused-ring (bicyclic) bond motifs is 1. The number of urea groups is 1. The molecule has 4 amide bonds. The third-order valence-corrected chi connectivity index (χ3v) is 4.75. The second-order valence-electron chi connectivity index (χ2n) is 6.29. The van der Waals surface area contributed by atoms with Crippen molar-refractivity contribution in [3.8, 4) is 11.5 Å². The van der Waals surface area contributed by atoms with E-state index in [1.165, 1.54) is 0 Å². The molecule has 1 N–H and O–H groups in total. The highest BCUT2D eigenvalue weighted by molar-refractivity contribution is 6.04. The van der Waals surface area contributed by atoms with Gasteiger partial charge in [-0.25, -0.2) is 4.79 Å². The molecule has 0 bridgehead atoms. The van der Waals surface area contributed by atoms with Crippen molar-refractivity contribution in [3.05, 3.63) is 23.8 Å². The number of carbonyl (C=O) groups excluding carboxylic acids is 3. The number of rotatable bonds is 3. The van der Waals surface area contributed by atoms with E-state index in [9.17, 15) is 14.4 Å². The van der Waals surface area contributed by atoms with Gasteiger partial charge in [0.2, 0.25) is 5.91 Å². The molecule has 1 atom stereocenters. The van der Waals surface area contributed by atoms with Crippen LogP contribution in [0, 0.1) is 0 Å². The van der Waals surface area contributed by atoms with E-state index in [-0.39, 0.29) is 30.9 Å². The first kappa shape index (κ1) is 15.7. The molecule has 0 saturated carbocycles. The van der Waals surface area contributed by atoms with E-state index in [0.29, 0.717) is 31.3 Å². The van der Waals surface area contributed by atoms with Crippen molar-refractivity contribution >= 4 is 17.8 Å². The van der Waals surface area contributed by atoms with Crippen LogP contribution in [-0.2, 0) is 9.59 Å². The molecule has 0 unspecified atom stereocenters. The summed E-state index contributed by atoms with van der Waals surface area (Å²) in [4.78, 5) is 38.7. The van der Waals surface area contributed by atoms with E-state index >= 15 is 0 Å². The van der Waals surface area contributed by atoms with E-state index in [2.05, 4.69) is 5.32 Å². The van der Waals surface area contributed by atoms with E-state index in [4.69, 9.17) is 9.47 Å². The number of hydrogen-bond donors (Lipinski definition) is 1. The molecule has 4 rings (SSSR count). The molecule has 8 heteroatoms. The van der Waals surface area contributed by atoms with E-state index in [1.807, 2.05) is 18.2 Å². The SMILES string of the molecule is O=C1CNC(=O)N1CC(=O)N1CCC[C@@H]1c1ccc2c(c1)OCCO2. The molecular formula is C17H19N3O5. The fourth-order valence-electron chi connectivity index (χ4n) is 3.52. The number of nitrogens with zero attached hydrogens (tertiary/aromatic N) is 2. The Labute approximate surface area is 144 Å². The Kier molecular flexibility index (Phi) is 3.95. The fourth-order valence-corrected chi connectivity index (χ4v) is 3.52. The summed E-state index contributed by atoms with van der Waals surface area (Å²) < 4.78 is 11.2. The summed E-state index contributed by atoms with van der Waals surface area (Å²) in [5.74, 6) is 0.818. The summed E-state index contributed by atoms with van der Waals surface area (Å²) >= 11 is 0. The molecule has 3 aliphatic rings. The molecule has 2 saturated heterocycles. The quantitative estimate of drug-likeness (QED) is 0.814. The molecule has 1 aromatic rings. The zero-order valence-corrected chi connectivity index (χ0v) is 13.7. The van der Waals surface area contributed by atoms with E-state index < -0.39 is 6.03 Å². The van der Waals surface area contributed by atoms with Crippen LogP contribution in [0.25, 0.3) is 0 Å². The van der Waals surface area contributed by atoms with Gasteiger partial charge in [-0.3, -0.25) is 14.5 Å². The lowest BCUT2D eigenvalue weighted by molar-refractivity contribution is -0.137. The molecule has 8 nitrogen and oxygen atoms in total. The van der Waals surface area contributed by atoms with Crippen LogP contribution in [0.5, 0.6) is 11.5 Å². The first-order chi connectivity index (χ1) is 12.1. The molecule has 132 valence electrons. The largest absolute Gasteiger partial charge is 0.486 e. The molecule has 3 heterocycles. The summed E-state index contributed by atoms with van der Waals surface area (Å²) in [6, 6.07) is 5.13. The van der Waals surface area contributed by atoms with Gasteiger partial charge in [0.15, 0.2) is 11.5 Å². The van der Waals surface area contributed by atoms with Crippen molar-refractivity contribution in [3.63, 3.8) is 0 Å². The zero-order chi connectivity index (χ0) is 17.4. The Morgan fingerprint density at radius 1 is 1.20 bits per heavy atom. The fraction of sp³-hybridized carbons (Fsp3) is 0.471. The van der Waals surface area contributed by atoms with Gasteiger partial charge in [0.25, 0.3) is 5.91 Å². The van der Waals surface area contributed by atoms with Crippen LogP contribution in [0.15, 0.2) is 18.2 Å². The Hall–Kier alpha value is -2.77. The lowest BCUT2D eigenvalue weighted by Crippen LogP contribution is -2.42. The van der Waals surface area contributed by atoms with Gasteiger partial charge in [0.05, 0.1) is 12.6 Å². The van der Waals surface area contributed by atoms with Crippen LogP contribution >= 0.6 is 0 Å². The van der Waals surface area contributed by atoms with Gasteiger partial charge in [0.1, 0.15) is 19.8 Å². The van der Waals surface area contributed by atoms with Gasteiger partial charge in [-0.15, -0.1) is 0 Å². The molecule has 0 aliphatic carbocycles. The van der Waals surface area contributed by atoms with Gasteiger partial charge in [0, 0.05) is 6.54 Å². The van der Waals surface area contributed by atoms with Gasteiger partial charge in [-0.05, 0) is 30.5 Å². The first-order valence-electron chi connectivity index (χ1n) is 8.41. The standard InChI is InChI=1S/C17H19N3O5/c21-15-9-18-17(23)20(15)10-16(22)19-5-1-2-12(19)11-3-4-13-14(8-11)25-7-6-24-13/h3-4,8,12H,1-2,5-7,9-10H2,(H,18,23)/t12-/m1/s1. The van der Waals surface area contributed by atoms with E-state index in [1.54, 1.807) is 4.90 Å². The highest BCUT2D eigenvalue weighted by Crippen LogP contribution is 2.38. The second-order valence-corrected chi connectivity index (χ2v) is 6.29. The smallest absolute Gasteiger partial charge is 0.325 e. The van der Waals surface area contributed by atoms with Gasteiger partial charge in [-0.1, -0.05) is 6.07 Å². The Morgan fingerprint density at radius 2 is 2.00 bits per heavy atom. The maximum absolute atomic E-state index is 12.7. The van der Waals surface area contributed by atoms with Crippen molar-refractivity contribution in [1.82, 2.24) is 15.1 Å².